The van der Waals surface area contributed by atoms with E-state index < -0.39 is 15.8 Å². The van der Waals surface area contributed by atoms with Crippen molar-refractivity contribution in [1.29, 1.82) is 0 Å². The van der Waals surface area contributed by atoms with Gasteiger partial charge >= 0.3 is 0 Å². The monoisotopic (exact) mass is 350 g/mol. The summed E-state index contributed by atoms with van der Waals surface area (Å²) in [7, 11) is -3.90. The van der Waals surface area contributed by atoms with Crippen molar-refractivity contribution in [3.63, 3.8) is 0 Å². The van der Waals surface area contributed by atoms with Crippen LogP contribution < -0.4 is 10.0 Å². The van der Waals surface area contributed by atoms with Crippen molar-refractivity contribution >= 4 is 27.3 Å². The molecule has 0 aliphatic rings. The van der Waals surface area contributed by atoms with Gasteiger partial charge in [0, 0.05) is 18.8 Å². The van der Waals surface area contributed by atoms with Crippen LogP contribution in [0.2, 0.25) is 0 Å². The first kappa shape index (κ1) is 16.1. The average Bonchev–Trinajstić information content (AvgIpc) is 2.89. The molecule has 8 nitrogen and oxygen atoms in total. The van der Waals surface area contributed by atoms with Crippen LogP contribution in [0.4, 0.5) is 16.0 Å². The summed E-state index contributed by atoms with van der Waals surface area (Å²) >= 11 is 0. The fraction of sp³-hybridized carbons (Fsp3) is 0.214. The zero-order valence-electron chi connectivity index (χ0n) is 13.0. The summed E-state index contributed by atoms with van der Waals surface area (Å²) < 4.78 is 42.3. The Bertz CT molecular complexity index is 1020. The molecular formula is C14H15FN6O2S. The number of rotatable bonds is 4. The molecule has 3 heterocycles. The minimum absolute atomic E-state index is 0.0606. The summed E-state index contributed by atoms with van der Waals surface area (Å²) in [6.07, 6.45) is 2.88. The SMILES string of the molecule is CCN(c1cc(F)c2nc(N)nn2c1)S(=O)(=O)c1cccnc1C. The quantitative estimate of drug-likeness (QED) is 0.761. The second kappa shape index (κ2) is 5.71. The van der Waals surface area contributed by atoms with Crippen molar-refractivity contribution in [1.82, 2.24) is 19.6 Å². The number of anilines is 2. The molecule has 0 amide bonds. The Kier molecular flexibility index (Phi) is 3.84. The standard InChI is InChI=1S/C14H15FN6O2S/c1-3-21(24(22,23)12-5-4-6-17-9(12)2)10-7-11(15)13-18-14(16)19-20(13)8-10/h4-8H,3H2,1-2H3,(H2,16,19). The van der Waals surface area contributed by atoms with E-state index in [4.69, 9.17) is 5.73 Å². The van der Waals surface area contributed by atoms with E-state index >= 15 is 0 Å². The number of nitrogen functional groups attached to an aromatic ring is 1. The molecule has 0 atom stereocenters. The molecule has 0 aliphatic carbocycles. The molecule has 0 unspecified atom stereocenters. The van der Waals surface area contributed by atoms with Gasteiger partial charge in [-0.1, -0.05) is 0 Å². The Morgan fingerprint density at radius 2 is 2.17 bits per heavy atom. The molecular weight excluding hydrogens is 335 g/mol. The van der Waals surface area contributed by atoms with Crippen LogP contribution in [-0.2, 0) is 10.0 Å². The van der Waals surface area contributed by atoms with Crippen molar-refractivity contribution < 1.29 is 12.8 Å². The van der Waals surface area contributed by atoms with E-state index in [0.29, 0.717) is 5.69 Å². The summed E-state index contributed by atoms with van der Waals surface area (Å²) in [5, 5.41) is 3.83. The smallest absolute Gasteiger partial charge is 0.266 e. The van der Waals surface area contributed by atoms with Gasteiger partial charge in [-0.2, -0.15) is 4.98 Å². The topological polar surface area (TPSA) is 106 Å². The van der Waals surface area contributed by atoms with Crippen molar-refractivity contribution in [3.8, 4) is 0 Å². The number of pyridine rings is 2. The highest BCUT2D eigenvalue weighted by Gasteiger charge is 2.27. The number of fused-ring (bicyclic) bond motifs is 1. The fourth-order valence-corrected chi connectivity index (χ4v) is 4.07. The zero-order valence-corrected chi connectivity index (χ0v) is 13.8. The van der Waals surface area contributed by atoms with Crippen LogP contribution in [0, 0.1) is 12.7 Å². The van der Waals surface area contributed by atoms with Gasteiger partial charge < -0.3 is 5.73 Å². The third-order valence-electron chi connectivity index (χ3n) is 3.49. The molecule has 3 rings (SSSR count). The Hall–Kier alpha value is -2.75. The maximum absolute atomic E-state index is 14.2. The molecule has 126 valence electrons. The highest BCUT2D eigenvalue weighted by atomic mass is 32.2. The van der Waals surface area contributed by atoms with Crippen LogP contribution in [0.25, 0.3) is 5.65 Å². The van der Waals surface area contributed by atoms with Gasteiger partial charge in [0.1, 0.15) is 4.90 Å². The van der Waals surface area contributed by atoms with E-state index in [-0.39, 0.29) is 28.7 Å². The van der Waals surface area contributed by atoms with Gasteiger partial charge in [-0.25, -0.2) is 17.3 Å². The van der Waals surface area contributed by atoms with E-state index in [0.717, 1.165) is 14.9 Å². The van der Waals surface area contributed by atoms with E-state index in [1.54, 1.807) is 13.8 Å². The number of nitrogens with two attached hydrogens (primary N) is 1. The predicted octanol–water partition coefficient (Wildman–Crippen LogP) is 1.37. The third-order valence-corrected chi connectivity index (χ3v) is 5.53. The van der Waals surface area contributed by atoms with Crippen molar-refractivity contribution in [2.75, 3.05) is 16.6 Å². The minimum atomic E-state index is -3.90. The molecule has 24 heavy (non-hydrogen) atoms. The summed E-state index contributed by atoms with van der Waals surface area (Å²) in [6, 6.07) is 4.09. The lowest BCUT2D eigenvalue weighted by atomic mass is 10.4. The van der Waals surface area contributed by atoms with Gasteiger partial charge in [0.15, 0.2) is 11.5 Å². The van der Waals surface area contributed by atoms with Gasteiger partial charge in [0.25, 0.3) is 10.0 Å². The van der Waals surface area contributed by atoms with Crippen LogP contribution >= 0.6 is 0 Å². The number of hydrogen-bond acceptors (Lipinski definition) is 6. The van der Waals surface area contributed by atoms with Crippen molar-refractivity contribution in [2.24, 2.45) is 0 Å². The van der Waals surface area contributed by atoms with Gasteiger partial charge in [0.2, 0.25) is 5.95 Å². The number of nitrogens with zero attached hydrogens (tertiary/aromatic N) is 5. The van der Waals surface area contributed by atoms with E-state index in [1.165, 1.54) is 24.5 Å². The molecule has 0 fully saturated rings. The van der Waals surface area contributed by atoms with Crippen LogP contribution in [0.1, 0.15) is 12.6 Å². The molecule has 0 aliphatic heterocycles. The Morgan fingerprint density at radius 3 is 2.83 bits per heavy atom. The molecule has 10 heteroatoms. The first-order chi connectivity index (χ1) is 11.3. The van der Waals surface area contributed by atoms with Gasteiger partial charge in [0.05, 0.1) is 17.6 Å². The highest BCUT2D eigenvalue weighted by Crippen LogP contribution is 2.26. The molecule has 3 aromatic heterocycles. The maximum atomic E-state index is 14.2. The van der Waals surface area contributed by atoms with Crippen LogP contribution in [-0.4, -0.2) is 34.5 Å². The number of aromatic nitrogens is 4. The molecule has 0 saturated carbocycles. The number of aryl methyl sites for hydroxylation is 1. The lowest BCUT2D eigenvalue weighted by Gasteiger charge is -2.23. The van der Waals surface area contributed by atoms with Crippen molar-refractivity contribution in [2.45, 2.75) is 18.7 Å². The predicted molar refractivity (Wildman–Crippen MR) is 86.5 cm³/mol. The van der Waals surface area contributed by atoms with E-state index in [9.17, 15) is 12.8 Å². The second-order valence-corrected chi connectivity index (χ2v) is 6.87. The number of hydrogen-bond donors (Lipinski definition) is 1. The molecule has 0 aromatic carbocycles. The molecule has 3 aromatic rings. The van der Waals surface area contributed by atoms with Crippen LogP contribution in [0.3, 0.4) is 0 Å². The maximum Gasteiger partial charge on any atom is 0.266 e. The summed E-state index contributed by atoms with van der Waals surface area (Å²) in [6.45, 7) is 3.36. The third kappa shape index (κ3) is 2.54. The van der Waals surface area contributed by atoms with Gasteiger partial charge in [-0.05, 0) is 26.0 Å². The van der Waals surface area contributed by atoms with Gasteiger partial charge in [-0.15, -0.1) is 5.10 Å². The second-order valence-electron chi connectivity index (χ2n) is 5.04. The van der Waals surface area contributed by atoms with Gasteiger partial charge in [-0.3, -0.25) is 9.29 Å². The summed E-state index contributed by atoms with van der Waals surface area (Å²) in [5.41, 5.74) is 5.88. The van der Waals surface area contributed by atoms with E-state index in [1.807, 2.05) is 0 Å². The first-order valence-corrected chi connectivity index (χ1v) is 8.54. The molecule has 0 saturated heterocycles. The molecule has 0 spiro atoms. The highest BCUT2D eigenvalue weighted by molar-refractivity contribution is 7.92. The molecule has 0 radical (unpaired) electrons. The summed E-state index contributed by atoms with van der Waals surface area (Å²) in [4.78, 5) is 7.81. The molecule has 2 N–H and O–H groups in total. The molecule has 0 bridgehead atoms. The minimum Gasteiger partial charge on any atom is -0.366 e. The number of halogens is 1. The average molecular weight is 350 g/mol. The van der Waals surface area contributed by atoms with Crippen molar-refractivity contribution in [3.05, 3.63) is 42.1 Å². The summed E-state index contributed by atoms with van der Waals surface area (Å²) in [5.74, 6) is -0.812. The van der Waals surface area contributed by atoms with Crippen LogP contribution in [0.5, 0.6) is 0 Å². The Balaban J connectivity index is 2.17. The Labute approximate surface area is 137 Å². The Morgan fingerprint density at radius 1 is 1.42 bits per heavy atom. The van der Waals surface area contributed by atoms with E-state index in [2.05, 4.69) is 15.1 Å². The normalized spacial score (nSPS) is 11.8. The zero-order chi connectivity index (χ0) is 17.5. The number of sulfonamides is 1. The first-order valence-electron chi connectivity index (χ1n) is 7.10. The fourth-order valence-electron chi connectivity index (χ4n) is 2.44. The largest absolute Gasteiger partial charge is 0.366 e. The lowest BCUT2D eigenvalue weighted by molar-refractivity contribution is 0.590. The lowest BCUT2D eigenvalue weighted by Crippen LogP contribution is -2.31. The van der Waals surface area contributed by atoms with Crippen LogP contribution in [0.15, 0.2) is 35.5 Å².